The summed E-state index contributed by atoms with van der Waals surface area (Å²) in [5, 5.41) is 8.70. The number of carbonyl (C=O) groups excluding carboxylic acids is 1. The number of unbranched alkanes of at least 4 members (excludes halogenated alkanes) is 1. The first-order chi connectivity index (χ1) is 24.9. The minimum absolute atomic E-state index is 0.109. The van der Waals surface area contributed by atoms with Crippen LogP contribution in [0.1, 0.15) is 65.4 Å². The first kappa shape index (κ1) is 34.4. The highest BCUT2D eigenvalue weighted by atomic mass is 35.5. The zero-order valence-electron chi connectivity index (χ0n) is 28.1. The van der Waals surface area contributed by atoms with E-state index in [9.17, 15) is 13.2 Å². The molecule has 0 aliphatic heterocycles. The molecule has 1 heterocycles. The van der Waals surface area contributed by atoms with E-state index in [2.05, 4.69) is 4.72 Å². The molecule has 256 valence electrons. The van der Waals surface area contributed by atoms with Crippen LogP contribution in [-0.4, -0.2) is 19.4 Å². The van der Waals surface area contributed by atoms with Gasteiger partial charge in [0.1, 0.15) is 5.69 Å². The molecule has 51 heavy (non-hydrogen) atoms. The van der Waals surface area contributed by atoms with Gasteiger partial charge in [-0.1, -0.05) is 157 Å². The third-order valence-electron chi connectivity index (χ3n) is 9.39. The quantitative estimate of drug-likeness (QED) is 0.0949. The van der Waals surface area contributed by atoms with Crippen molar-refractivity contribution in [2.24, 2.45) is 0 Å². The van der Waals surface area contributed by atoms with Crippen LogP contribution in [0.5, 0.6) is 0 Å². The molecular weight excluding hydrogens is 676 g/mol. The van der Waals surface area contributed by atoms with Crippen molar-refractivity contribution >= 4 is 49.0 Å². The second kappa shape index (κ2) is 15.0. The maximum atomic E-state index is 14.6. The molecule has 0 aliphatic rings. The van der Waals surface area contributed by atoms with Gasteiger partial charge in [0.25, 0.3) is 0 Å². The van der Waals surface area contributed by atoms with Crippen LogP contribution in [0.4, 0.5) is 0 Å². The molecule has 0 aliphatic carbocycles. The number of rotatable bonds is 13. The fourth-order valence-electron chi connectivity index (χ4n) is 6.90. The number of Topliss-reactive ketones (excluding diaryl/α,β-unsaturated/α-hetero) is 1. The zero-order valence-corrected chi connectivity index (χ0v) is 29.7. The molecule has 0 radical (unpaired) electrons. The molecule has 0 unspecified atom stereocenters. The fraction of sp³-hybridized carbons (Fsp3) is 0.163. The Morgan fingerprint density at radius 2 is 1.27 bits per heavy atom. The van der Waals surface area contributed by atoms with Gasteiger partial charge >= 0.3 is 0 Å². The van der Waals surface area contributed by atoms with Gasteiger partial charge in [0.2, 0.25) is 10.0 Å². The van der Waals surface area contributed by atoms with Gasteiger partial charge in [-0.3, -0.25) is 4.79 Å². The Morgan fingerprint density at radius 1 is 0.745 bits per heavy atom. The highest BCUT2D eigenvalue weighted by molar-refractivity contribution is 7.89. The molecule has 0 saturated carbocycles. The summed E-state index contributed by atoms with van der Waals surface area (Å²) in [5.41, 5.74) is 3.22. The van der Waals surface area contributed by atoms with Gasteiger partial charge in [-0.05, 0) is 46.9 Å². The van der Waals surface area contributed by atoms with E-state index in [0.717, 1.165) is 44.7 Å². The maximum Gasteiger partial charge on any atom is 0.241 e. The van der Waals surface area contributed by atoms with Crippen molar-refractivity contribution in [3.63, 3.8) is 0 Å². The first-order valence-electron chi connectivity index (χ1n) is 17.2. The van der Waals surface area contributed by atoms with Crippen LogP contribution in [0.2, 0.25) is 5.02 Å². The summed E-state index contributed by atoms with van der Waals surface area (Å²) < 4.78 is 37.6. The summed E-state index contributed by atoms with van der Waals surface area (Å²) >= 11 is 7.00. The number of nitrogens with zero attached hydrogens (tertiary/aromatic N) is 1. The minimum atomic E-state index is -4.02. The largest absolute Gasteiger partial charge is 0.360 e. The summed E-state index contributed by atoms with van der Waals surface area (Å²) in [4.78, 5) is 14.7. The molecule has 6 nitrogen and oxygen atoms in total. The van der Waals surface area contributed by atoms with Crippen molar-refractivity contribution in [2.75, 3.05) is 0 Å². The lowest BCUT2D eigenvalue weighted by molar-refractivity contribution is 0.0977. The highest BCUT2D eigenvalue weighted by Gasteiger charge is 2.37. The number of hydrogen-bond acceptors (Lipinski definition) is 5. The third kappa shape index (κ3) is 6.97. The standard InChI is InChI=1S/C43H37ClN2O4S/c1-2-3-27-37(47)39-42(38-32-23-13-15-25-34(32)40(44)35-26-16-14-24-33(35)38)45-50-43(39)36(28-29-17-7-4-8-18-29)41(30-19-9-5-10-20-30)46-51(48,49)31-21-11-6-12-22-31/h4-26,36,41,46H,2-3,27-28H2,1H3/t36-,41-/m1/s1. The number of nitrogens with one attached hydrogen (secondary N) is 1. The molecule has 7 aromatic rings. The topological polar surface area (TPSA) is 89.3 Å². The number of carbonyl (C=O) groups is 1. The predicted octanol–water partition coefficient (Wildman–Crippen LogP) is 10.7. The molecule has 7 rings (SSSR count). The summed E-state index contributed by atoms with van der Waals surface area (Å²) in [6.07, 6.45) is 2.15. The Labute approximate surface area is 303 Å². The van der Waals surface area contributed by atoms with E-state index < -0.39 is 22.0 Å². The van der Waals surface area contributed by atoms with Gasteiger partial charge in [-0.25, -0.2) is 13.1 Å². The first-order valence-corrected chi connectivity index (χ1v) is 19.0. The summed E-state index contributed by atoms with van der Waals surface area (Å²) in [5.74, 6) is -0.440. The van der Waals surface area contributed by atoms with Crippen LogP contribution in [-0.2, 0) is 16.4 Å². The molecule has 1 aromatic heterocycles. The second-order valence-corrected chi connectivity index (χ2v) is 14.8. The maximum absolute atomic E-state index is 14.6. The van der Waals surface area contributed by atoms with E-state index in [4.69, 9.17) is 21.3 Å². The van der Waals surface area contributed by atoms with Crippen molar-refractivity contribution in [3.05, 3.63) is 167 Å². The smallest absolute Gasteiger partial charge is 0.241 e. The molecule has 0 spiro atoms. The van der Waals surface area contributed by atoms with Crippen molar-refractivity contribution in [1.82, 2.24) is 9.88 Å². The highest BCUT2D eigenvalue weighted by Crippen LogP contribution is 2.46. The molecule has 0 amide bonds. The lowest BCUT2D eigenvalue weighted by Gasteiger charge is -2.28. The van der Waals surface area contributed by atoms with Crippen LogP contribution in [0, 0.1) is 0 Å². The number of benzene rings is 6. The Bertz CT molecular complexity index is 2360. The zero-order chi connectivity index (χ0) is 35.4. The number of fused-ring (bicyclic) bond motifs is 2. The molecular formula is C43H37ClN2O4S. The lowest BCUT2D eigenvalue weighted by atomic mass is 9.82. The van der Waals surface area contributed by atoms with Gasteiger partial charge in [-0.2, -0.15) is 0 Å². The van der Waals surface area contributed by atoms with Gasteiger partial charge < -0.3 is 4.52 Å². The second-order valence-electron chi connectivity index (χ2n) is 12.7. The van der Waals surface area contributed by atoms with E-state index in [1.807, 2.05) is 116 Å². The van der Waals surface area contributed by atoms with Crippen LogP contribution in [0.15, 0.2) is 149 Å². The van der Waals surface area contributed by atoms with Crippen LogP contribution >= 0.6 is 11.6 Å². The SMILES string of the molecule is CCCCC(=O)c1c(-c2c3ccccc3c(Cl)c3ccccc23)noc1[C@H](Cc1ccccc1)[C@H](NS(=O)(=O)c1ccccc1)c1ccccc1. The van der Waals surface area contributed by atoms with Crippen LogP contribution in [0.25, 0.3) is 32.8 Å². The van der Waals surface area contributed by atoms with Gasteiger partial charge in [0.15, 0.2) is 11.5 Å². The number of aromatic nitrogens is 1. The Balaban J connectivity index is 1.51. The van der Waals surface area contributed by atoms with Gasteiger partial charge in [0.05, 0.1) is 21.5 Å². The molecule has 0 saturated heterocycles. The third-order valence-corrected chi connectivity index (χ3v) is 11.3. The average Bonchev–Trinajstić information content (AvgIpc) is 3.61. The molecule has 6 aromatic carbocycles. The Morgan fingerprint density at radius 3 is 1.86 bits per heavy atom. The van der Waals surface area contributed by atoms with Crippen molar-refractivity contribution in [1.29, 1.82) is 0 Å². The lowest BCUT2D eigenvalue weighted by Crippen LogP contribution is -2.34. The van der Waals surface area contributed by atoms with Crippen LogP contribution < -0.4 is 4.72 Å². The van der Waals surface area contributed by atoms with Gasteiger partial charge in [-0.15, -0.1) is 0 Å². The molecule has 8 heteroatoms. The molecule has 0 bridgehead atoms. The van der Waals surface area contributed by atoms with Crippen molar-refractivity contribution < 1.29 is 17.7 Å². The molecule has 1 N–H and O–H groups in total. The van der Waals surface area contributed by atoms with Crippen LogP contribution in [0.3, 0.4) is 0 Å². The number of ketones is 1. The molecule has 2 atom stereocenters. The van der Waals surface area contributed by atoms with Crippen molar-refractivity contribution in [3.8, 4) is 11.3 Å². The summed E-state index contributed by atoms with van der Waals surface area (Å²) in [6.45, 7) is 2.05. The van der Waals surface area contributed by atoms with Gasteiger partial charge in [0, 0.05) is 28.7 Å². The average molecular weight is 713 g/mol. The number of sulfonamides is 1. The predicted molar refractivity (Wildman–Crippen MR) is 205 cm³/mol. The fourth-order valence-corrected chi connectivity index (χ4v) is 8.51. The van der Waals surface area contributed by atoms with E-state index in [-0.39, 0.29) is 17.1 Å². The normalized spacial score (nSPS) is 13.0. The van der Waals surface area contributed by atoms with E-state index in [0.29, 0.717) is 34.9 Å². The Kier molecular flexibility index (Phi) is 10.1. The van der Waals surface area contributed by atoms with E-state index in [1.165, 1.54) is 0 Å². The van der Waals surface area contributed by atoms with Crippen molar-refractivity contribution in [2.45, 2.75) is 49.5 Å². The summed E-state index contributed by atoms with van der Waals surface area (Å²) in [6, 6.07) is 42.4. The minimum Gasteiger partial charge on any atom is -0.360 e. The van der Waals surface area contributed by atoms with E-state index >= 15 is 0 Å². The monoisotopic (exact) mass is 712 g/mol. The number of hydrogen-bond donors (Lipinski definition) is 1. The van der Waals surface area contributed by atoms with E-state index in [1.54, 1.807) is 30.3 Å². The Hall–Kier alpha value is -5.08. The molecule has 0 fully saturated rings. The number of halogens is 1. The summed E-state index contributed by atoms with van der Waals surface area (Å²) in [7, 11) is -4.02.